The second-order valence-electron chi connectivity index (χ2n) is 5.69. The van der Waals surface area contributed by atoms with Crippen LogP contribution in [0, 0.1) is 5.92 Å². The van der Waals surface area contributed by atoms with Crippen LogP contribution in [-0.2, 0) is 4.79 Å². The van der Waals surface area contributed by atoms with Gasteiger partial charge in [0.25, 0.3) is 0 Å². The van der Waals surface area contributed by atoms with E-state index >= 15 is 0 Å². The number of hydrogen-bond acceptors (Lipinski definition) is 5. The Hall–Kier alpha value is -1.95. The molecule has 0 spiro atoms. The zero-order valence-corrected chi connectivity index (χ0v) is 14.2. The lowest BCUT2D eigenvalue weighted by Gasteiger charge is -2.15. The molecule has 0 saturated heterocycles. The number of hydrogen-bond donors (Lipinski definition) is 3. The van der Waals surface area contributed by atoms with E-state index in [0.29, 0.717) is 18.1 Å². The quantitative estimate of drug-likeness (QED) is 0.331. The molecular weight excluding hydrogens is 296 g/mol. The minimum absolute atomic E-state index is 0.312. The fraction of sp³-hybridized carbons (Fsp3) is 0.588. The maximum atomic E-state index is 10.9. The lowest BCUT2D eigenvalue weighted by atomic mass is 10.0. The Morgan fingerprint density at radius 3 is 2.57 bits per heavy atom. The molecule has 1 atom stereocenters. The predicted molar refractivity (Wildman–Crippen MR) is 90.2 cm³/mol. The zero-order chi connectivity index (χ0) is 17.1. The predicted octanol–water partition coefficient (Wildman–Crippen LogP) is 3.21. The summed E-state index contributed by atoms with van der Waals surface area (Å²) in [4.78, 5) is 10.9. The minimum atomic E-state index is -0.312. The smallest absolute Gasteiger partial charge is 0.243 e. The van der Waals surface area contributed by atoms with Crippen LogP contribution in [0.1, 0.15) is 39.0 Å². The van der Waals surface area contributed by atoms with Gasteiger partial charge in [0, 0.05) is 24.7 Å². The molecule has 1 amide bonds. The summed E-state index contributed by atoms with van der Waals surface area (Å²) < 4.78 is 10.5. The summed E-state index contributed by atoms with van der Waals surface area (Å²) in [6, 6.07) is 5.79. The van der Waals surface area contributed by atoms with Crippen LogP contribution in [0.3, 0.4) is 0 Å². The van der Waals surface area contributed by atoms with Crippen molar-refractivity contribution in [3.8, 4) is 11.5 Å². The summed E-state index contributed by atoms with van der Waals surface area (Å²) in [5.74, 6) is 1.66. The second-order valence-corrected chi connectivity index (χ2v) is 5.69. The summed E-state index contributed by atoms with van der Waals surface area (Å²) >= 11 is 0. The van der Waals surface area contributed by atoms with Crippen LogP contribution in [0.2, 0.25) is 0 Å². The van der Waals surface area contributed by atoms with E-state index < -0.39 is 0 Å². The van der Waals surface area contributed by atoms with Crippen molar-refractivity contribution < 1.29 is 19.5 Å². The summed E-state index contributed by atoms with van der Waals surface area (Å²) in [6.07, 6.45) is 4.36. The Morgan fingerprint density at radius 1 is 1.17 bits per heavy atom. The van der Waals surface area contributed by atoms with Crippen LogP contribution in [0.4, 0.5) is 5.69 Å². The number of nitrogens with one attached hydrogen (secondary N) is 2. The molecule has 6 heteroatoms. The summed E-state index contributed by atoms with van der Waals surface area (Å²) in [5, 5.41) is 11.8. The zero-order valence-electron chi connectivity index (χ0n) is 14.2. The van der Waals surface area contributed by atoms with E-state index in [1.807, 2.05) is 18.2 Å². The number of hydroxylamine groups is 1. The first-order valence-electron chi connectivity index (χ1n) is 7.99. The summed E-state index contributed by atoms with van der Waals surface area (Å²) in [6.45, 7) is 3.08. The molecule has 0 fully saturated rings. The highest BCUT2D eigenvalue weighted by atomic mass is 16.5. The van der Waals surface area contributed by atoms with Crippen LogP contribution in [0.5, 0.6) is 11.5 Å². The molecule has 1 aromatic rings. The van der Waals surface area contributed by atoms with Crippen molar-refractivity contribution in [3.63, 3.8) is 0 Å². The first kappa shape index (κ1) is 19.1. The van der Waals surface area contributed by atoms with E-state index in [2.05, 4.69) is 12.2 Å². The molecule has 130 valence electrons. The number of methoxy groups -OCH3 is 2. The van der Waals surface area contributed by atoms with E-state index in [0.717, 1.165) is 43.7 Å². The van der Waals surface area contributed by atoms with Crippen molar-refractivity contribution >= 4 is 11.6 Å². The monoisotopic (exact) mass is 324 g/mol. The third kappa shape index (κ3) is 7.23. The van der Waals surface area contributed by atoms with Crippen LogP contribution in [-0.4, -0.2) is 31.9 Å². The van der Waals surface area contributed by atoms with Crippen molar-refractivity contribution in [3.05, 3.63) is 18.2 Å². The number of benzene rings is 1. The van der Waals surface area contributed by atoms with Crippen LogP contribution >= 0.6 is 0 Å². The Balaban J connectivity index is 2.25. The maximum Gasteiger partial charge on any atom is 0.243 e. The summed E-state index contributed by atoms with van der Waals surface area (Å²) in [7, 11) is 3.25. The van der Waals surface area contributed by atoms with Crippen molar-refractivity contribution in [2.75, 3.05) is 26.1 Å². The Kier molecular flexibility index (Phi) is 8.90. The fourth-order valence-corrected chi connectivity index (χ4v) is 2.35. The fourth-order valence-electron chi connectivity index (χ4n) is 2.35. The van der Waals surface area contributed by atoms with Crippen LogP contribution in [0.15, 0.2) is 18.2 Å². The number of amides is 1. The van der Waals surface area contributed by atoms with Crippen molar-refractivity contribution in [1.82, 2.24) is 5.48 Å². The highest BCUT2D eigenvalue weighted by Crippen LogP contribution is 2.29. The molecule has 23 heavy (non-hydrogen) atoms. The van der Waals surface area contributed by atoms with Gasteiger partial charge in [0.1, 0.15) is 0 Å². The van der Waals surface area contributed by atoms with Gasteiger partial charge in [-0.3, -0.25) is 10.0 Å². The molecule has 1 rings (SSSR count). The van der Waals surface area contributed by atoms with Gasteiger partial charge in [-0.25, -0.2) is 5.48 Å². The van der Waals surface area contributed by atoms with Gasteiger partial charge in [-0.1, -0.05) is 19.8 Å². The van der Waals surface area contributed by atoms with E-state index in [4.69, 9.17) is 14.7 Å². The number of ether oxygens (including phenoxy) is 2. The van der Waals surface area contributed by atoms with Gasteiger partial charge in [-0.2, -0.15) is 0 Å². The van der Waals surface area contributed by atoms with Gasteiger partial charge >= 0.3 is 0 Å². The second kappa shape index (κ2) is 10.7. The van der Waals surface area contributed by atoms with Gasteiger partial charge in [-0.05, 0) is 30.9 Å². The average molecular weight is 324 g/mol. The number of carbonyl (C=O) groups is 1. The van der Waals surface area contributed by atoms with Crippen LogP contribution in [0.25, 0.3) is 0 Å². The van der Waals surface area contributed by atoms with Crippen molar-refractivity contribution in [2.45, 2.75) is 39.0 Å². The molecule has 0 bridgehead atoms. The molecule has 0 aliphatic heterocycles. The Morgan fingerprint density at radius 2 is 1.91 bits per heavy atom. The highest BCUT2D eigenvalue weighted by molar-refractivity contribution is 5.74. The van der Waals surface area contributed by atoms with Gasteiger partial charge < -0.3 is 14.8 Å². The van der Waals surface area contributed by atoms with Gasteiger partial charge in [0.15, 0.2) is 11.5 Å². The van der Waals surface area contributed by atoms with E-state index in [-0.39, 0.29) is 5.91 Å². The van der Waals surface area contributed by atoms with Crippen molar-refractivity contribution in [1.29, 1.82) is 0 Å². The molecule has 6 nitrogen and oxygen atoms in total. The lowest BCUT2D eigenvalue weighted by Crippen LogP contribution is -2.17. The number of anilines is 1. The molecule has 0 aromatic heterocycles. The molecule has 0 heterocycles. The average Bonchev–Trinajstić information content (AvgIpc) is 2.58. The minimum Gasteiger partial charge on any atom is -0.493 e. The number of carbonyl (C=O) groups excluding carboxylic acids is 1. The number of rotatable bonds is 11. The topological polar surface area (TPSA) is 79.8 Å². The third-order valence-corrected chi connectivity index (χ3v) is 3.76. The number of unbranched alkanes of at least 4 members (excludes halogenated alkanes) is 2. The highest BCUT2D eigenvalue weighted by Gasteiger charge is 2.06. The van der Waals surface area contributed by atoms with Crippen molar-refractivity contribution in [2.24, 2.45) is 5.92 Å². The Bertz CT molecular complexity index is 480. The SMILES string of the molecule is COc1ccc(NCC(C)CCCCCC(=O)NO)cc1OC. The van der Waals surface area contributed by atoms with Gasteiger partial charge in [-0.15, -0.1) is 0 Å². The van der Waals surface area contributed by atoms with E-state index in [1.165, 1.54) is 0 Å². The standard InChI is InChI=1S/C17H28N2O4/c1-13(7-5-4-6-8-17(20)19-21)12-18-14-9-10-15(22-2)16(11-14)23-3/h9-11,13,18,21H,4-8,12H2,1-3H3,(H,19,20). The van der Waals surface area contributed by atoms with Crippen LogP contribution < -0.4 is 20.3 Å². The molecule has 1 unspecified atom stereocenters. The third-order valence-electron chi connectivity index (χ3n) is 3.76. The van der Waals surface area contributed by atoms with E-state index in [9.17, 15) is 4.79 Å². The molecule has 0 aliphatic rings. The molecule has 1 aromatic carbocycles. The van der Waals surface area contributed by atoms with E-state index in [1.54, 1.807) is 19.7 Å². The summed E-state index contributed by atoms with van der Waals surface area (Å²) in [5.41, 5.74) is 2.66. The molecular formula is C17H28N2O4. The first-order valence-corrected chi connectivity index (χ1v) is 7.99. The maximum absolute atomic E-state index is 10.9. The molecule has 3 N–H and O–H groups in total. The first-order chi connectivity index (χ1) is 11.1. The molecule has 0 aliphatic carbocycles. The van der Waals surface area contributed by atoms with Gasteiger partial charge in [0.05, 0.1) is 14.2 Å². The largest absolute Gasteiger partial charge is 0.493 e. The Labute approximate surface area is 138 Å². The van der Waals surface area contributed by atoms with Gasteiger partial charge in [0.2, 0.25) is 5.91 Å². The lowest BCUT2D eigenvalue weighted by molar-refractivity contribution is -0.129. The normalized spacial score (nSPS) is 11.7. The molecule has 0 radical (unpaired) electrons. The molecule has 0 saturated carbocycles.